The van der Waals surface area contributed by atoms with E-state index in [2.05, 4.69) is 0 Å². The molecule has 0 amide bonds. The summed E-state index contributed by atoms with van der Waals surface area (Å²) in [6.07, 6.45) is 2.66. The topological polar surface area (TPSA) is 37.4 Å². The van der Waals surface area contributed by atoms with E-state index in [4.69, 9.17) is 11.6 Å². The largest absolute Gasteiger partial charge is 0.243 e. The first kappa shape index (κ1) is 16.4. The fourth-order valence-electron chi connectivity index (χ4n) is 3.08. The van der Waals surface area contributed by atoms with Gasteiger partial charge in [0.25, 0.3) is 0 Å². The first-order valence-electron chi connectivity index (χ1n) is 7.42. The van der Waals surface area contributed by atoms with Crippen LogP contribution >= 0.6 is 11.6 Å². The Morgan fingerprint density at radius 1 is 1.22 bits per heavy atom. The molecule has 0 saturated carbocycles. The molecular formula is C17H17ClFNO2S. The van der Waals surface area contributed by atoms with Gasteiger partial charge in [-0.1, -0.05) is 35.9 Å². The average molecular weight is 354 g/mol. The molecule has 0 fully saturated rings. The van der Waals surface area contributed by atoms with E-state index in [-0.39, 0.29) is 16.0 Å². The van der Waals surface area contributed by atoms with Crippen molar-refractivity contribution in [2.45, 2.75) is 30.2 Å². The van der Waals surface area contributed by atoms with E-state index in [1.54, 1.807) is 7.05 Å². The summed E-state index contributed by atoms with van der Waals surface area (Å²) in [7, 11) is -2.17. The molecule has 0 radical (unpaired) electrons. The smallest absolute Gasteiger partial charge is 0.207 e. The summed E-state index contributed by atoms with van der Waals surface area (Å²) in [5, 5.41) is -0.191. The van der Waals surface area contributed by atoms with Gasteiger partial charge >= 0.3 is 0 Å². The lowest BCUT2D eigenvalue weighted by Gasteiger charge is -2.32. The van der Waals surface area contributed by atoms with Gasteiger partial charge in [-0.05, 0) is 48.6 Å². The van der Waals surface area contributed by atoms with Crippen LogP contribution in [0.5, 0.6) is 0 Å². The van der Waals surface area contributed by atoms with Crippen molar-refractivity contribution in [2.24, 2.45) is 0 Å². The second kappa shape index (κ2) is 6.23. The van der Waals surface area contributed by atoms with Crippen molar-refractivity contribution in [1.82, 2.24) is 4.31 Å². The van der Waals surface area contributed by atoms with Crippen LogP contribution in [0.2, 0.25) is 5.02 Å². The Hall–Kier alpha value is -1.43. The van der Waals surface area contributed by atoms with Gasteiger partial charge in [0.1, 0.15) is 5.82 Å². The highest BCUT2D eigenvalue weighted by Gasteiger charge is 2.32. The van der Waals surface area contributed by atoms with Crippen molar-refractivity contribution in [3.63, 3.8) is 0 Å². The van der Waals surface area contributed by atoms with Gasteiger partial charge in [0.15, 0.2) is 0 Å². The minimum absolute atomic E-state index is 0.00875. The molecular weight excluding hydrogens is 337 g/mol. The summed E-state index contributed by atoms with van der Waals surface area (Å²) in [5.41, 5.74) is 2.22. The van der Waals surface area contributed by atoms with Gasteiger partial charge in [0.05, 0.1) is 9.92 Å². The zero-order valence-electron chi connectivity index (χ0n) is 12.7. The van der Waals surface area contributed by atoms with Crippen molar-refractivity contribution in [3.8, 4) is 0 Å². The van der Waals surface area contributed by atoms with Gasteiger partial charge < -0.3 is 0 Å². The summed E-state index contributed by atoms with van der Waals surface area (Å²) in [6, 6.07) is 11.2. The highest BCUT2D eigenvalue weighted by Crippen LogP contribution is 2.36. The molecule has 0 bridgehead atoms. The summed E-state index contributed by atoms with van der Waals surface area (Å²) >= 11 is 5.73. The van der Waals surface area contributed by atoms with Gasteiger partial charge in [-0.15, -0.1) is 0 Å². The number of nitrogens with zero attached hydrogens (tertiary/aromatic N) is 1. The maximum Gasteiger partial charge on any atom is 0.243 e. The third kappa shape index (κ3) is 3.01. The zero-order chi connectivity index (χ0) is 16.6. The van der Waals surface area contributed by atoms with Crippen LogP contribution in [0.25, 0.3) is 0 Å². The van der Waals surface area contributed by atoms with Gasteiger partial charge in [-0.25, -0.2) is 12.8 Å². The van der Waals surface area contributed by atoms with Crippen LogP contribution in [0.4, 0.5) is 4.39 Å². The van der Waals surface area contributed by atoms with Gasteiger partial charge in [-0.2, -0.15) is 4.31 Å². The molecule has 1 atom stereocenters. The molecule has 0 saturated heterocycles. The third-order valence-corrected chi connectivity index (χ3v) is 6.50. The standard InChI is InChI=1S/C17H17ClFNO2S/c1-20(17-8-4-6-12-5-2-3-7-14(12)17)23(21,22)13-9-10-16(19)15(18)11-13/h2-3,5,7,9-11,17H,4,6,8H2,1H3. The lowest BCUT2D eigenvalue weighted by Crippen LogP contribution is -2.33. The molecule has 0 aromatic heterocycles. The molecule has 23 heavy (non-hydrogen) atoms. The second-order valence-electron chi connectivity index (χ2n) is 5.70. The quantitative estimate of drug-likeness (QED) is 0.830. The molecule has 1 unspecified atom stereocenters. The Bertz CT molecular complexity index is 838. The molecule has 0 spiro atoms. The number of halogens is 2. The first-order chi connectivity index (χ1) is 10.9. The lowest BCUT2D eigenvalue weighted by atomic mass is 9.88. The van der Waals surface area contributed by atoms with Crippen molar-refractivity contribution in [1.29, 1.82) is 0 Å². The first-order valence-corrected chi connectivity index (χ1v) is 9.24. The Labute approximate surface area is 140 Å². The van der Waals surface area contributed by atoms with Crippen LogP contribution in [0.3, 0.4) is 0 Å². The molecule has 0 aliphatic heterocycles. The lowest BCUT2D eigenvalue weighted by molar-refractivity contribution is 0.337. The van der Waals surface area contributed by atoms with E-state index < -0.39 is 15.8 Å². The molecule has 3 rings (SSSR count). The van der Waals surface area contributed by atoms with E-state index >= 15 is 0 Å². The van der Waals surface area contributed by atoms with Crippen LogP contribution in [0, 0.1) is 5.82 Å². The van der Waals surface area contributed by atoms with E-state index in [0.29, 0.717) is 0 Å². The van der Waals surface area contributed by atoms with Crippen LogP contribution in [0.15, 0.2) is 47.4 Å². The van der Waals surface area contributed by atoms with Crippen LogP contribution < -0.4 is 0 Å². The molecule has 0 N–H and O–H groups in total. The second-order valence-corrected chi connectivity index (χ2v) is 8.11. The van der Waals surface area contributed by atoms with Crippen molar-refractivity contribution in [3.05, 3.63) is 64.4 Å². The molecule has 1 aliphatic carbocycles. The highest BCUT2D eigenvalue weighted by molar-refractivity contribution is 7.89. The number of hydrogen-bond acceptors (Lipinski definition) is 2. The van der Waals surface area contributed by atoms with Gasteiger partial charge in [0.2, 0.25) is 10.0 Å². The SMILES string of the molecule is CN(C1CCCc2ccccc21)S(=O)(=O)c1ccc(F)c(Cl)c1. The molecule has 2 aromatic carbocycles. The Morgan fingerprint density at radius 3 is 2.70 bits per heavy atom. The zero-order valence-corrected chi connectivity index (χ0v) is 14.2. The fourth-order valence-corrected chi connectivity index (χ4v) is 4.72. The molecule has 6 heteroatoms. The Kier molecular flexibility index (Phi) is 4.45. The Morgan fingerprint density at radius 2 is 1.96 bits per heavy atom. The third-order valence-electron chi connectivity index (χ3n) is 4.34. The average Bonchev–Trinajstić information content (AvgIpc) is 2.56. The monoisotopic (exact) mass is 353 g/mol. The summed E-state index contributed by atoms with van der Waals surface area (Å²) in [4.78, 5) is 0.00875. The number of benzene rings is 2. The summed E-state index contributed by atoms with van der Waals surface area (Å²) in [6.45, 7) is 0. The van der Waals surface area contributed by atoms with Crippen LogP contribution in [-0.2, 0) is 16.4 Å². The minimum Gasteiger partial charge on any atom is -0.207 e. The van der Waals surface area contributed by atoms with Crippen molar-refractivity contribution in [2.75, 3.05) is 7.05 Å². The van der Waals surface area contributed by atoms with E-state index in [9.17, 15) is 12.8 Å². The van der Waals surface area contributed by atoms with Gasteiger partial charge in [-0.3, -0.25) is 0 Å². The van der Waals surface area contributed by atoms with Crippen molar-refractivity contribution < 1.29 is 12.8 Å². The fraction of sp³-hybridized carbons (Fsp3) is 0.294. The number of fused-ring (bicyclic) bond motifs is 1. The van der Waals surface area contributed by atoms with Crippen molar-refractivity contribution >= 4 is 21.6 Å². The maximum absolute atomic E-state index is 13.3. The molecule has 1 aliphatic rings. The minimum atomic E-state index is -3.74. The predicted octanol–water partition coefficient (Wildman–Crippen LogP) is 4.18. The predicted molar refractivity (Wildman–Crippen MR) is 88.5 cm³/mol. The van der Waals surface area contributed by atoms with E-state index in [0.717, 1.165) is 37.0 Å². The normalized spacial score (nSPS) is 18.0. The summed E-state index contributed by atoms with van der Waals surface area (Å²) < 4.78 is 40.4. The number of hydrogen-bond donors (Lipinski definition) is 0. The molecule has 3 nitrogen and oxygen atoms in total. The molecule has 2 aromatic rings. The number of aryl methyl sites for hydroxylation is 1. The van der Waals surface area contributed by atoms with E-state index in [1.807, 2.05) is 24.3 Å². The van der Waals surface area contributed by atoms with Crippen LogP contribution in [-0.4, -0.2) is 19.8 Å². The molecule has 122 valence electrons. The molecule has 0 heterocycles. The number of sulfonamides is 1. The van der Waals surface area contributed by atoms with E-state index in [1.165, 1.54) is 15.9 Å². The highest BCUT2D eigenvalue weighted by atomic mass is 35.5. The number of rotatable bonds is 3. The van der Waals surface area contributed by atoms with Gasteiger partial charge in [0, 0.05) is 13.1 Å². The summed E-state index contributed by atoms with van der Waals surface area (Å²) in [5.74, 6) is -0.628. The Balaban J connectivity index is 1.99. The van der Waals surface area contributed by atoms with Crippen LogP contribution in [0.1, 0.15) is 30.0 Å². The maximum atomic E-state index is 13.3.